The molecule has 0 N–H and O–H groups in total. The molecule has 0 aliphatic heterocycles. The van der Waals surface area contributed by atoms with Gasteiger partial charge in [0, 0.05) is 0 Å². The average Bonchev–Trinajstić information content (AvgIpc) is 2.61. The first-order valence-corrected chi connectivity index (χ1v) is 7.48. The first kappa shape index (κ1) is 16.1. The van der Waals surface area contributed by atoms with Crippen molar-refractivity contribution in [1.29, 1.82) is 0 Å². The van der Waals surface area contributed by atoms with Crippen LogP contribution in [0.4, 0.5) is 13.2 Å². The van der Waals surface area contributed by atoms with E-state index >= 15 is 0 Å². The Bertz CT molecular complexity index is 844. The second-order valence-corrected chi connectivity index (χ2v) is 5.47. The Hall–Kier alpha value is -2.81. The highest BCUT2D eigenvalue weighted by molar-refractivity contribution is 5.83. The van der Waals surface area contributed by atoms with Crippen LogP contribution in [0.25, 0.3) is 27.8 Å². The third-order valence-electron chi connectivity index (χ3n) is 3.90. The summed E-state index contributed by atoms with van der Waals surface area (Å²) in [5.41, 5.74) is 2.63. The molecule has 0 amide bonds. The minimum absolute atomic E-state index is 0.109. The second-order valence-electron chi connectivity index (χ2n) is 5.47. The number of hydrogen-bond donors (Lipinski definition) is 0. The summed E-state index contributed by atoms with van der Waals surface area (Å²) in [6, 6.07) is 23.8. The van der Waals surface area contributed by atoms with Crippen molar-refractivity contribution in [2.24, 2.45) is 0 Å². The number of alkyl halides is 3. The van der Waals surface area contributed by atoms with Gasteiger partial charge in [-0.1, -0.05) is 85.4 Å². The van der Waals surface area contributed by atoms with Crippen LogP contribution in [-0.4, -0.2) is 6.18 Å². The Balaban J connectivity index is 2.00. The van der Waals surface area contributed by atoms with Crippen molar-refractivity contribution in [2.75, 3.05) is 0 Å². The van der Waals surface area contributed by atoms with Crippen LogP contribution < -0.4 is 0 Å². The van der Waals surface area contributed by atoms with Crippen molar-refractivity contribution in [2.45, 2.75) is 6.18 Å². The molecule has 3 heteroatoms. The molecule has 0 spiro atoms. The van der Waals surface area contributed by atoms with Crippen molar-refractivity contribution in [3.63, 3.8) is 0 Å². The zero-order valence-corrected chi connectivity index (χ0v) is 12.8. The Kier molecular flexibility index (Phi) is 4.26. The summed E-state index contributed by atoms with van der Waals surface area (Å²) in [6.07, 6.45) is -4.44. The molecule has 0 atom stereocenters. The van der Waals surface area contributed by atoms with Gasteiger partial charge in [-0.2, -0.15) is 13.2 Å². The fourth-order valence-electron chi connectivity index (χ4n) is 2.62. The molecule has 0 radical (unpaired) electrons. The van der Waals surface area contributed by atoms with E-state index in [0.717, 1.165) is 16.7 Å². The van der Waals surface area contributed by atoms with Crippen LogP contribution in [0.2, 0.25) is 0 Å². The van der Waals surface area contributed by atoms with Gasteiger partial charge in [-0.3, -0.25) is 0 Å². The Morgan fingerprint density at radius 3 is 1.75 bits per heavy atom. The summed E-state index contributed by atoms with van der Waals surface area (Å²) < 4.78 is 39.0. The Labute approximate surface area is 138 Å². The lowest BCUT2D eigenvalue weighted by Gasteiger charge is -2.15. The molecule has 0 saturated carbocycles. The van der Waals surface area contributed by atoms with Gasteiger partial charge in [-0.25, -0.2) is 0 Å². The first-order valence-electron chi connectivity index (χ1n) is 7.48. The number of allylic oxidation sites excluding steroid dienone is 1. The minimum atomic E-state index is -4.44. The van der Waals surface area contributed by atoms with Gasteiger partial charge in [0.25, 0.3) is 0 Å². The molecule has 0 aromatic heterocycles. The molecule has 120 valence electrons. The summed E-state index contributed by atoms with van der Waals surface area (Å²) >= 11 is 0. The summed E-state index contributed by atoms with van der Waals surface area (Å²) in [7, 11) is 0. The zero-order valence-electron chi connectivity index (χ0n) is 12.8. The molecule has 0 aliphatic carbocycles. The number of rotatable bonds is 3. The smallest absolute Gasteiger partial charge is 0.166 e. The van der Waals surface area contributed by atoms with E-state index in [1.54, 1.807) is 18.2 Å². The van der Waals surface area contributed by atoms with Crippen molar-refractivity contribution in [3.05, 3.63) is 91.0 Å². The Morgan fingerprint density at radius 1 is 0.625 bits per heavy atom. The quantitative estimate of drug-likeness (QED) is 0.509. The molecule has 0 fully saturated rings. The highest BCUT2D eigenvalue weighted by Gasteiger charge is 2.34. The van der Waals surface area contributed by atoms with Crippen LogP contribution in [0.15, 0.2) is 85.4 Å². The van der Waals surface area contributed by atoms with E-state index in [4.69, 9.17) is 0 Å². The molecule has 0 unspecified atom stereocenters. The third-order valence-corrected chi connectivity index (χ3v) is 3.90. The van der Waals surface area contributed by atoms with E-state index in [2.05, 4.69) is 6.58 Å². The molecule has 0 bridgehead atoms. The van der Waals surface area contributed by atoms with Gasteiger partial charge in [0.05, 0.1) is 5.57 Å². The van der Waals surface area contributed by atoms with Gasteiger partial charge in [-0.15, -0.1) is 0 Å². The van der Waals surface area contributed by atoms with Gasteiger partial charge >= 0.3 is 6.18 Å². The lowest BCUT2D eigenvalue weighted by molar-refractivity contribution is -0.0686. The second kappa shape index (κ2) is 6.36. The van der Waals surface area contributed by atoms with E-state index in [9.17, 15) is 13.2 Å². The molecule has 3 aromatic rings. The maximum atomic E-state index is 13.0. The highest BCUT2D eigenvalue weighted by Crippen LogP contribution is 2.37. The van der Waals surface area contributed by atoms with Crippen molar-refractivity contribution in [3.8, 4) is 22.3 Å². The van der Waals surface area contributed by atoms with Crippen molar-refractivity contribution < 1.29 is 13.2 Å². The predicted molar refractivity (Wildman–Crippen MR) is 92.4 cm³/mol. The molecule has 3 rings (SSSR count). The average molecular weight is 324 g/mol. The molecule has 0 saturated heterocycles. The topological polar surface area (TPSA) is 0 Å². The monoisotopic (exact) mass is 324 g/mol. The van der Waals surface area contributed by atoms with Crippen molar-refractivity contribution >= 4 is 5.57 Å². The van der Waals surface area contributed by atoms with Gasteiger partial charge in [-0.05, 0) is 27.8 Å². The van der Waals surface area contributed by atoms with Crippen LogP contribution in [0, 0.1) is 0 Å². The lowest BCUT2D eigenvalue weighted by atomic mass is 9.93. The zero-order chi connectivity index (χ0) is 17.2. The third kappa shape index (κ3) is 3.25. The summed E-state index contributed by atoms with van der Waals surface area (Å²) in [4.78, 5) is 0. The molecule has 0 aliphatic rings. The lowest BCUT2D eigenvalue weighted by Crippen LogP contribution is -2.10. The van der Waals surface area contributed by atoms with Gasteiger partial charge in [0.1, 0.15) is 0 Å². The van der Waals surface area contributed by atoms with Gasteiger partial charge in [0.2, 0.25) is 0 Å². The minimum Gasteiger partial charge on any atom is -0.166 e. The maximum absolute atomic E-state index is 13.0. The molecular weight excluding hydrogens is 309 g/mol. The molecule has 0 nitrogen and oxygen atoms in total. The number of benzene rings is 3. The van der Waals surface area contributed by atoms with Crippen LogP contribution in [0.3, 0.4) is 0 Å². The van der Waals surface area contributed by atoms with Gasteiger partial charge in [0.15, 0.2) is 0 Å². The number of hydrogen-bond acceptors (Lipinski definition) is 0. The molecular formula is C21H15F3. The van der Waals surface area contributed by atoms with Crippen LogP contribution in [-0.2, 0) is 0 Å². The van der Waals surface area contributed by atoms with Gasteiger partial charge < -0.3 is 0 Å². The first-order chi connectivity index (χ1) is 11.5. The van der Waals surface area contributed by atoms with E-state index < -0.39 is 11.7 Å². The van der Waals surface area contributed by atoms with E-state index in [-0.39, 0.29) is 5.56 Å². The van der Waals surface area contributed by atoms with Crippen LogP contribution in [0.1, 0.15) is 5.56 Å². The highest BCUT2D eigenvalue weighted by atomic mass is 19.4. The SMILES string of the molecule is C=C(c1ccccc1-c1ccc(-c2ccccc2)cc1)C(F)(F)F. The molecule has 0 heterocycles. The number of halogens is 3. The standard InChI is InChI=1S/C21H15F3/c1-15(21(22,23)24)19-9-5-6-10-20(19)18-13-11-17(12-14-18)16-7-3-2-4-8-16/h2-14H,1H2. The van der Waals surface area contributed by atoms with E-state index in [0.29, 0.717) is 5.56 Å². The van der Waals surface area contributed by atoms with E-state index in [1.165, 1.54) is 6.07 Å². The summed E-state index contributed by atoms with van der Waals surface area (Å²) in [6.45, 7) is 3.22. The normalized spacial score (nSPS) is 11.3. The fourth-order valence-corrected chi connectivity index (χ4v) is 2.62. The largest absolute Gasteiger partial charge is 0.416 e. The van der Waals surface area contributed by atoms with Crippen LogP contribution in [0.5, 0.6) is 0 Å². The predicted octanol–water partition coefficient (Wildman–Crippen LogP) is 6.60. The fraction of sp³-hybridized carbons (Fsp3) is 0.0476. The van der Waals surface area contributed by atoms with E-state index in [1.807, 2.05) is 54.6 Å². The van der Waals surface area contributed by atoms with Crippen molar-refractivity contribution in [1.82, 2.24) is 0 Å². The molecule has 24 heavy (non-hydrogen) atoms. The maximum Gasteiger partial charge on any atom is 0.416 e. The summed E-state index contributed by atoms with van der Waals surface area (Å²) in [5, 5.41) is 0. The molecule has 3 aromatic carbocycles. The summed E-state index contributed by atoms with van der Waals surface area (Å²) in [5.74, 6) is 0. The van der Waals surface area contributed by atoms with Crippen LogP contribution >= 0.6 is 0 Å². The Morgan fingerprint density at radius 2 is 1.12 bits per heavy atom.